The molecule has 0 unspecified atom stereocenters. The van der Waals surface area contributed by atoms with E-state index < -0.39 is 5.69 Å². The molecule has 0 radical (unpaired) electrons. The van der Waals surface area contributed by atoms with Crippen LogP contribution in [0.2, 0.25) is 0 Å². The molecule has 3 heterocycles. The van der Waals surface area contributed by atoms with Crippen molar-refractivity contribution in [1.82, 2.24) is 19.8 Å². The van der Waals surface area contributed by atoms with Crippen LogP contribution in [0.4, 0.5) is 0 Å². The number of aromatic nitrogens is 2. The fraction of sp³-hybridized carbons (Fsp3) is 0.478. The Morgan fingerprint density at radius 2 is 1.97 bits per heavy atom. The van der Waals surface area contributed by atoms with E-state index >= 15 is 0 Å². The van der Waals surface area contributed by atoms with E-state index in [-0.39, 0.29) is 36.5 Å². The number of nitrogens with one attached hydrogen (secondary N) is 1. The normalized spacial score (nSPS) is 23.1. The highest BCUT2D eigenvalue weighted by Gasteiger charge is 2.45. The van der Waals surface area contributed by atoms with Crippen molar-refractivity contribution in [2.45, 2.75) is 64.2 Å². The minimum absolute atomic E-state index is 0.0325. The van der Waals surface area contributed by atoms with Crippen LogP contribution in [-0.4, -0.2) is 45.5 Å². The van der Waals surface area contributed by atoms with Gasteiger partial charge >= 0.3 is 5.69 Å². The van der Waals surface area contributed by atoms with Crippen molar-refractivity contribution in [3.63, 3.8) is 0 Å². The molecular weight excluding hydrogens is 396 g/mol. The molecule has 2 aliphatic heterocycles. The summed E-state index contributed by atoms with van der Waals surface area (Å²) in [6.07, 6.45) is 2.61. The number of ether oxygens (including phenoxy) is 1. The molecule has 4 rings (SSSR count). The minimum atomic E-state index is -0.420. The van der Waals surface area contributed by atoms with Crippen LogP contribution in [0.3, 0.4) is 0 Å². The Morgan fingerprint density at radius 1 is 1.23 bits per heavy atom. The molecule has 0 aliphatic carbocycles. The zero-order valence-corrected chi connectivity index (χ0v) is 18.1. The number of fused-ring (bicyclic) bond motifs is 1. The monoisotopic (exact) mass is 424 g/mol. The van der Waals surface area contributed by atoms with Crippen LogP contribution in [-0.2, 0) is 16.1 Å². The molecule has 2 saturated heterocycles. The van der Waals surface area contributed by atoms with Crippen molar-refractivity contribution in [3.05, 3.63) is 57.8 Å². The number of carbonyl (C=O) groups excluding carboxylic acids is 2. The van der Waals surface area contributed by atoms with Crippen LogP contribution in [0.25, 0.3) is 0 Å². The fourth-order valence-corrected chi connectivity index (χ4v) is 4.85. The summed E-state index contributed by atoms with van der Waals surface area (Å²) in [5.41, 5.74) is 1.91. The number of likely N-dealkylation sites (tertiary alicyclic amines) is 1. The van der Waals surface area contributed by atoms with Crippen molar-refractivity contribution in [2.75, 3.05) is 7.11 Å². The molecule has 0 saturated carbocycles. The highest BCUT2D eigenvalue weighted by atomic mass is 16.5. The number of aryl methyl sites for hydroxylation is 2. The van der Waals surface area contributed by atoms with Gasteiger partial charge in [-0.05, 0) is 56.9 Å². The molecule has 1 aromatic heterocycles. The number of rotatable bonds is 4. The summed E-state index contributed by atoms with van der Waals surface area (Å²) in [5.74, 6) is 0.639. The second-order valence-corrected chi connectivity index (χ2v) is 8.37. The Labute approximate surface area is 181 Å². The maximum absolute atomic E-state index is 13.6. The van der Waals surface area contributed by atoms with Gasteiger partial charge < -0.3 is 15.0 Å². The standard InChI is InChI=1S/C23H28N4O4/c1-14-11-15(2)26(23(30)24-14)13-22(29)27-19-5-4-6-21(28)25-18(19)12-20(27)16-7-9-17(31-3)10-8-16/h7-11,18-20H,4-6,12-13H2,1-3H3,(H,25,28)/t18-,19+,20+/m0/s1. The maximum atomic E-state index is 13.6. The predicted octanol–water partition coefficient (Wildman–Crippen LogP) is 1.88. The van der Waals surface area contributed by atoms with Gasteiger partial charge in [-0.3, -0.25) is 14.2 Å². The summed E-state index contributed by atoms with van der Waals surface area (Å²) < 4.78 is 6.68. The molecule has 3 atom stereocenters. The number of hydrogen-bond donors (Lipinski definition) is 1. The Bertz CT molecular complexity index is 1050. The van der Waals surface area contributed by atoms with Gasteiger partial charge in [-0.15, -0.1) is 0 Å². The SMILES string of the molecule is COc1ccc([C@H]2C[C@@H]3NC(=O)CCC[C@H]3N2C(=O)Cn2c(C)cc(C)nc2=O)cc1. The Morgan fingerprint density at radius 3 is 2.65 bits per heavy atom. The summed E-state index contributed by atoms with van der Waals surface area (Å²) in [7, 11) is 1.61. The number of amides is 2. The van der Waals surface area contributed by atoms with E-state index in [9.17, 15) is 14.4 Å². The molecule has 0 spiro atoms. The van der Waals surface area contributed by atoms with E-state index in [1.165, 1.54) is 4.57 Å². The molecule has 1 aromatic carbocycles. The summed E-state index contributed by atoms with van der Waals surface area (Å²) in [6, 6.07) is 9.10. The third-order valence-electron chi connectivity index (χ3n) is 6.31. The minimum Gasteiger partial charge on any atom is -0.497 e. The maximum Gasteiger partial charge on any atom is 0.348 e. The van der Waals surface area contributed by atoms with Crippen molar-refractivity contribution >= 4 is 11.8 Å². The van der Waals surface area contributed by atoms with Gasteiger partial charge in [0.15, 0.2) is 0 Å². The highest BCUT2D eigenvalue weighted by molar-refractivity contribution is 5.79. The third-order valence-corrected chi connectivity index (χ3v) is 6.31. The number of benzene rings is 1. The molecule has 164 valence electrons. The number of nitrogens with zero attached hydrogens (tertiary/aromatic N) is 3. The summed E-state index contributed by atoms with van der Waals surface area (Å²) in [5, 5.41) is 3.10. The van der Waals surface area contributed by atoms with E-state index in [0.717, 1.165) is 24.2 Å². The first-order valence-electron chi connectivity index (χ1n) is 10.7. The molecule has 2 fully saturated rings. The third kappa shape index (κ3) is 4.19. The smallest absolute Gasteiger partial charge is 0.348 e. The highest BCUT2D eigenvalue weighted by Crippen LogP contribution is 2.40. The molecule has 8 heteroatoms. The lowest BCUT2D eigenvalue weighted by Gasteiger charge is -2.32. The van der Waals surface area contributed by atoms with Gasteiger partial charge in [0.25, 0.3) is 0 Å². The van der Waals surface area contributed by atoms with E-state index in [2.05, 4.69) is 10.3 Å². The second kappa shape index (κ2) is 8.53. The van der Waals surface area contributed by atoms with Gasteiger partial charge in [0, 0.05) is 17.8 Å². The van der Waals surface area contributed by atoms with E-state index in [4.69, 9.17) is 4.74 Å². The van der Waals surface area contributed by atoms with Crippen molar-refractivity contribution in [1.29, 1.82) is 0 Å². The molecular formula is C23H28N4O4. The van der Waals surface area contributed by atoms with Gasteiger partial charge in [-0.1, -0.05) is 12.1 Å². The molecule has 8 nitrogen and oxygen atoms in total. The van der Waals surface area contributed by atoms with Crippen molar-refractivity contribution < 1.29 is 14.3 Å². The van der Waals surface area contributed by atoms with Crippen molar-refractivity contribution in [2.24, 2.45) is 0 Å². The van der Waals surface area contributed by atoms with Crippen LogP contribution < -0.4 is 15.7 Å². The van der Waals surface area contributed by atoms with Crippen LogP contribution in [0.5, 0.6) is 5.75 Å². The Hall–Kier alpha value is -3.16. The van der Waals surface area contributed by atoms with Crippen LogP contribution in [0, 0.1) is 13.8 Å². The number of methoxy groups -OCH3 is 1. The van der Waals surface area contributed by atoms with E-state index in [1.54, 1.807) is 20.1 Å². The zero-order chi connectivity index (χ0) is 22.1. The van der Waals surface area contributed by atoms with E-state index in [1.807, 2.05) is 36.1 Å². The van der Waals surface area contributed by atoms with E-state index in [0.29, 0.717) is 24.2 Å². The molecule has 1 N–H and O–H groups in total. The Kier molecular flexibility index (Phi) is 5.80. The second-order valence-electron chi connectivity index (χ2n) is 8.37. The summed E-state index contributed by atoms with van der Waals surface area (Å²) in [4.78, 5) is 44.0. The predicted molar refractivity (Wildman–Crippen MR) is 115 cm³/mol. The molecule has 2 amide bonds. The van der Waals surface area contributed by atoms with Gasteiger partial charge in [-0.25, -0.2) is 4.79 Å². The molecule has 31 heavy (non-hydrogen) atoms. The van der Waals surface area contributed by atoms with Crippen LogP contribution in [0.1, 0.15) is 48.7 Å². The lowest BCUT2D eigenvalue weighted by atomic mass is 10.0. The van der Waals surface area contributed by atoms with Crippen molar-refractivity contribution in [3.8, 4) is 5.75 Å². The van der Waals surface area contributed by atoms with Gasteiger partial charge in [-0.2, -0.15) is 4.98 Å². The summed E-state index contributed by atoms with van der Waals surface area (Å²) in [6.45, 7) is 3.50. The van der Waals surface area contributed by atoms with Gasteiger partial charge in [0.05, 0.1) is 25.2 Å². The first kappa shape index (κ1) is 21.1. The molecule has 2 aliphatic rings. The van der Waals surface area contributed by atoms with Crippen LogP contribution in [0.15, 0.2) is 35.1 Å². The average molecular weight is 425 g/mol. The first-order chi connectivity index (χ1) is 14.9. The number of hydrogen-bond acceptors (Lipinski definition) is 5. The van der Waals surface area contributed by atoms with Gasteiger partial charge in [0.1, 0.15) is 12.3 Å². The topological polar surface area (TPSA) is 93.5 Å². The molecule has 0 bridgehead atoms. The van der Waals surface area contributed by atoms with Crippen LogP contribution >= 0.6 is 0 Å². The Balaban J connectivity index is 1.68. The summed E-state index contributed by atoms with van der Waals surface area (Å²) >= 11 is 0. The lowest BCUT2D eigenvalue weighted by molar-refractivity contribution is -0.135. The van der Waals surface area contributed by atoms with Gasteiger partial charge in [0.2, 0.25) is 11.8 Å². The number of carbonyl (C=O) groups is 2. The average Bonchev–Trinajstić information content (AvgIpc) is 2.98. The molecule has 2 aromatic rings. The lowest BCUT2D eigenvalue weighted by Crippen LogP contribution is -2.47. The first-order valence-corrected chi connectivity index (χ1v) is 10.7. The largest absolute Gasteiger partial charge is 0.497 e. The fourth-order valence-electron chi connectivity index (χ4n) is 4.85. The quantitative estimate of drug-likeness (QED) is 0.809. The zero-order valence-electron chi connectivity index (χ0n) is 18.1.